The van der Waals surface area contributed by atoms with Gasteiger partial charge in [0.15, 0.2) is 0 Å². The molecule has 0 saturated heterocycles. The van der Waals surface area contributed by atoms with Crippen LogP contribution in [0.25, 0.3) is 0 Å². The lowest BCUT2D eigenvalue weighted by atomic mass is 10.1. The van der Waals surface area contributed by atoms with Gasteiger partial charge in [-0.1, -0.05) is 18.3 Å². The van der Waals surface area contributed by atoms with Crippen molar-refractivity contribution in [3.8, 4) is 11.8 Å². The van der Waals surface area contributed by atoms with Crippen LogP contribution in [0.3, 0.4) is 0 Å². The maximum absolute atomic E-state index is 12.1. The number of thioether (sulfide) groups is 1. The van der Waals surface area contributed by atoms with Crippen LogP contribution in [0.5, 0.6) is 0 Å². The van der Waals surface area contributed by atoms with Gasteiger partial charge in [-0.15, -0.1) is 0 Å². The monoisotopic (exact) mass is 306 g/mol. The first-order valence-corrected chi connectivity index (χ1v) is 8.50. The second-order valence-electron chi connectivity index (χ2n) is 4.51. The number of carbonyl (C=O) groups excluding carboxylic acids is 1. The van der Waals surface area contributed by atoms with Crippen molar-refractivity contribution in [3.63, 3.8) is 0 Å². The van der Waals surface area contributed by atoms with Crippen LogP contribution in [-0.4, -0.2) is 41.2 Å². The SMILES string of the molecule is CSCCCCCNC(=O)c1ccncc1C#CCCO. The van der Waals surface area contributed by atoms with Crippen molar-refractivity contribution >= 4 is 17.7 Å². The zero-order valence-corrected chi connectivity index (χ0v) is 13.2. The van der Waals surface area contributed by atoms with Crippen molar-refractivity contribution in [2.75, 3.05) is 25.2 Å². The molecule has 1 amide bonds. The summed E-state index contributed by atoms with van der Waals surface area (Å²) in [6.07, 6.45) is 8.96. The maximum atomic E-state index is 12.1. The van der Waals surface area contributed by atoms with E-state index in [9.17, 15) is 4.79 Å². The highest BCUT2D eigenvalue weighted by Gasteiger charge is 2.09. The number of carbonyl (C=O) groups is 1. The van der Waals surface area contributed by atoms with Gasteiger partial charge in [-0.05, 0) is 30.9 Å². The standard InChI is InChI=1S/C16H22N2O2S/c1-21-12-6-2-4-9-18-16(20)15-8-10-17-13-14(15)7-3-5-11-19/h8,10,13,19H,2,4-6,9,11-12H2,1H3,(H,18,20). The second-order valence-corrected chi connectivity index (χ2v) is 5.49. The summed E-state index contributed by atoms with van der Waals surface area (Å²) in [6, 6.07) is 1.67. The number of aromatic nitrogens is 1. The minimum absolute atomic E-state index is 0.0187. The van der Waals surface area contributed by atoms with E-state index in [1.54, 1.807) is 18.5 Å². The minimum atomic E-state index is -0.115. The Morgan fingerprint density at radius 2 is 2.29 bits per heavy atom. The van der Waals surface area contributed by atoms with Crippen LogP contribution in [-0.2, 0) is 0 Å². The van der Waals surface area contributed by atoms with Gasteiger partial charge in [0.05, 0.1) is 17.7 Å². The number of unbranched alkanes of at least 4 members (excludes halogenated alkanes) is 2. The average molecular weight is 306 g/mol. The highest BCUT2D eigenvalue weighted by Crippen LogP contribution is 2.06. The van der Waals surface area contributed by atoms with Crippen LogP contribution in [0.1, 0.15) is 41.6 Å². The van der Waals surface area contributed by atoms with Crippen molar-refractivity contribution in [3.05, 3.63) is 29.6 Å². The van der Waals surface area contributed by atoms with Crippen LogP contribution < -0.4 is 5.32 Å². The number of hydrogen-bond donors (Lipinski definition) is 2. The van der Waals surface area contributed by atoms with E-state index in [2.05, 4.69) is 28.4 Å². The third kappa shape index (κ3) is 7.16. The van der Waals surface area contributed by atoms with Crippen molar-refractivity contribution in [1.82, 2.24) is 10.3 Å². The van der Waals surface area contributed by atoms with Gasteiger partial charge in [-0.2, -0.15) is 11.8 Å². The summed E-state index contributed by atoms with van der Waals surface area (Å²) in [5, 5.41) is 11.6. The number of rotatable bonds is 8. The van der Waals surface area contributed by atoms with E-state index in [1.165, 1.54) is 12.2 Å². The molecule has 0 aliphatic heterocycles. The fourth-order valence-electron chi connectivity index (χ4n) is 1.75. The molecule has 1 aromatic heterocycles. The van der Waals surface area contributed by atoms with E-state index in [1.807, 2.05) is 11.8 Å². The molecule has 0 bridgehead atoms. The predicted molar refractivity (Wildman–Crippen MR) is 87.4 cm³/mol. The molecule has 1 rings (SSSR count). The van der Waals surface area contributed by atoms with Crippen molar-refractivity contribution in [2.45, 2.75) is 25.7 Å². The number of pyridine rings is 1. The summed E-state index contributed by atoms with van der Waals surface area (Å²) in [5.41, 5.74) is 1.14. The van der Waals surface area contributed by atoms with Crippen LogP contribution >= 0.6 is 11.8 Å². The molecule has 0 saturated carbocycles. The zero-order valence-electron chi connectivity index (χ0n) is 12.4. The molecule has 0 fully saturated rings. The fourth-order valence-corrected chi connectivity index (χ4v) is 2.24. The van der Waals surface area contributed by atoms with E-state index < -0.39 is 0 Å². The molecule has 0 radical (unpaired) electrons. The molecule has 4 nitrogen and oxygen atoms in total. The molecule has 0 atom stereocenters. The van der Waals surface area contributed by atoms with Crippen molar-refractivity contribution in [1.29, 1.82) is 0 Å². The molecule has 1 aromatic rings. The van der Waals surface area contributed by atoms with Gasteiger partial charge in [-0.3, -0.25) is 9.78 Å². The van der Waals surface area contributed by atoms with E-state index in [0.29, 0.717) is 24.1 Å². The molecule has 0 aliphatic carbocycles. The smallest absolute Gasteiger partial charge is 0.252 e. The van der Waals surface area contributed by atoms with E-state index in [4.69, 9.17) is 5.11 Å². The summed E-state index contributed by atoms with van der Waals surface area (Å²) in [7, 11) is 0. The van der Waals surface area contributed by atoms with Crippen molar-refractivity contribution < 1.29 is 9.90 Å². The van der Waals surface area contributed by atoms with Gasteiger partial charge in [0.25, 0.3) is 5.91 Å². The zero-order chi connectivity index (χ0) is 15.3. The Hall–Kier alpha value is -1.51. The Morgan fingerprint density at radius 1 is 1.43 bits per heavy atom. The van der Waals surface area contributed by atoms with Gasteiger partial charge in [0.2, 0.25) is 0 Å². The molecule has 0 unspecified atom stereocenters. The normalized spacial score (nSPS) is 9.81. The first kappa shape index (κ1) is 17.5. The Morgan fingerprint density at radius 3 is 3.05 bits per heavy atom. The fraction of sp³-hybridized carbons (Fsp3) is 0.500. The van der Waals surface area contributed by atoms with E-state index in [0.717, 1.165) is 12.8 Å². The predicted octanol–water partition coefficient (Wildman–Crippen LogP) is 2.08. The summed E-state index contributed by atoms with van der Waals surface area (Å²) in [6.45, 7) is 0.698. The van der Waals surface area contributed by atoms with Gasteiger partial charge < -0.3 is 10.4 Å². The third-order valence-electron chi connectivity index (χ3n) is 2.84. The topological polar surface area (TPSA) is 62.2 Å². The summed E-state index contributed by atoms with van der Waals surface area (Å²) in [4.78, 5) is 16.1. The number of aliphatic hydroxyl groups is 1. The Bertz CT molecular complexity index is 495. The number of amides is 1. The van der Waals surface area contributed by atoms with Gasteiger partial charge in [0.1, 0.15) is 0 Å². The van der Waals surface area contributed by atoms with Gasteiger partial charge in [-0.25, -0.2) is 0 Å². The lowest BCUT2D eigenvalue weighted by molar-refractivity contribution is 0.0952. The molecular formula is C16H22N2O2S. The quantitative estimate of drug-likeness (QED) is 0.570. The van der Waals surface area contributed by atoms with E-state index >= 15 is 0 Å². The molecule has 21 heavy (non-hydrogen) atoms. The Labute approximate surface area is 130 Å². The average Bonchev–Trinajstić information content (AvgIpc) is 2.51. The highest BCUT2D eigenvalue weighted by atomic mass is 32.2. The first-order chi connectivity index (χ1) is 10.3. The van der Waals surface area contributed by atoms with Crippen LogP contribution in [0.2, 0.25) is 0 Å². The minimum Gasteiger partial charge on any atom is -0.395 e. The third-order valence-corrected chi connectivity index (χ3v) is 3.53. The van der Waals surface area contributed by atoms with Crippen molar-refractivity contribution in [2.24, 2.45) is 0 Å². The largest absolute Gasteiger partial charge is 0.395 e. The highest BCUT2D eigenvalue weighted by molar-refractivity contribution is 7.98. The summed E-state index contributed by atoms with van der Waals surface area (Å²) >= 11 is 1.85. The Kier molecular flexibility index (Phi) is 9.34. The van der Waals surface area contributed by atoms with E-state index in [-0.39, 0.29) is 12.5 Å². The second kappa shape index (κ2) is 11.2. The molecule has 0 aromatic carbocycles. The summed E-state index contributed by atoms with van der Waals surface area (Å²) < 4.78 is 0. The molecule has 0 spiro atoms. The van der Waals surface area contributed by atoms with Gasteiger partial charge in [0, 0.05) is 25.4 Å². The van der Waals surface area contributed by atoms with Crippen LogP contribution in [0.4, 0.5) is 0 Å². The molecule has 0 aliphatic rings. The molecule has 5 heteroatoms. The lowest BCUT2D eigenvalue weighted by Gasteiger charge is -2.06. The van der Waals surface area contributed by atoms with Crippen LogP contribution in [0.15, 0.2) is 18.5 Å². The van der Waals surface area contributed by atoms with Gasteiger partial charge >= 0.3 is 0 Å². The molecule has 114 valence electrons. The number of nitrogens with one attached hydrogen (secondary N) is 1. The molecule has 1 heterocycles. The first-order valence-electron chi connectivity index (χ1n) is 7.10. The Balaban J connectivity index is 2.48. The number of nitrogens with zero attached hydrogens (tertiary/aromatic N) is 1. The lowest BCUT2D eigenvalue weighted by Crippen LogP contribution is -2.25. The number of hydrogen-bond acceptors (Lipinski definition) is 4. The summed E-state index contributed by atoms with van der Waals surface area (Å²) in [5.74, 6) is 6.75. The molecule has 2 N–H and O–H groups in total. The maximum Gasteiger partial charge on any atom is 0.252 e. The molecular weight excluding hydrogens is 284 g/mol. The number of aliphatic hydroxyl groups excluding tert-OH is 1. The van der Waals surface area contributed by atoms with Crippen LogP contribution in [0, 0.1) is 11.8 Å².